The van der Waals surface area contributed by atoms with Crippen LogP contribution in [0.25, 0.3) is 27.6 Å². The molecule has 0 radical (unpaired) electrons. The van der Waals surface area contributed by atoms with E-state index in [4.69, 9.17) is 21.3 Å². The minimum Gasteiger partial charge on any atom is -0.497 e. The second kappa shape index (κ2) is 6.35. The minimum atomic E-state index is -0.881. The average molecular weight is 367 g/mol. The van der Waals surface area contributed by atoms with E-state index in [1.165, 1.54) is 0 Å². The van der Waals surface area contributed by atoms with Crippen LogP contribution in [0.15, 0.2) is 54.7 Å². The minimum absolute atomic E-state index is 0.0696. The molecule has 0 saturated heterocycles. The van der Waals surface area contributed by atoms with Crippen LogP contribution in [-0.2, 0) is 11.2 Å². The van der Waals surface area contributed by atoms with Crippen molar-refractivity contribution >= 4 is 39.4 Å². The molecular weight excluding hydrogens is 352 g/mol. The Morgan fingerprint density at radius 3 is 2.81 bits per heavy atom. The zero-order valence-corrected chi connectivity index (χ0v) is 14.7. The van der Waals surface area contributed by atoms with E-state index < -0.39 is 5.97 Å². The Bertz CT molecular complexity index is 1150. The highest BCUT2D eigenvalue weighted by molar-refractivity contribution is 6.31. The molecule has 5 nitrogen and oxygen atoms in total. The zero-order valence-electron chi connectivity index (χ0n) is 13.9. The van der Waals surface area contributed by atoms with E-state index >= 15 is 0 Å². The van der Waals surface area contributed by atoms with Gasteiger partial charge in [0.1, 0.15) is 11.6 Å². The molecule has 4 aromatic rings. The van der Waals surface area contributed by atoms with Crippen molar-refractivity contribution in [2.75, 3.05) is 7.11 Å². The lowest BCUT2D eigenvalue weighted by Gasteiger charge is -2.07. The maximum atomic E-state index is 11.3. The van der Waals surface area contributed by atoms with Crippen LogP contribution in [0.1, 0.15) is 5.56 Å². The molecule has 0 aliphatic carbocycles. The maximum Gasteiger partial charge on any atom is 0.307 e. The van der Waals surface area contributed by atoms with Crippen LogP contribution in [0.2, 0.25) is 5.02 Å². The highest BCUT2D eigenvalue weighted by atomic mass is 35.5. The van der Waals surface area contributed by atoms with Gasteiger partial charge in [0.15, 0.2) is 0 Å². The third kappa shape index (κ3) is 2.86. The van der Waals surface area contributed by atoms with Gasteiger partial charge in [-0.25, -0.2) is 4.98 Å². The molecule has 0 unspecified atom stereocenters. The Labute approximate surface area is 154 Å². The third-order valence-electron chi connectivity index (χ3n) is 4.32. The molecule has 0 amide bonds. The number of nitrogens with zero attached hydrogens (tertiary/aromatic N) is 2. The van der Waals surface area contributed by atoms with Gasteiger partial charge in [0, 0.05) is 22.0 Å². The van der Waals surface area contributed by atoms with Crippen LogP contribution >= 0.6 is 11.6 Å². The van der Waals surface area contributed by atoms with Gasteiger partial charge in [0.05, 0.1) is 24.6 Å². The number of fused-ring (bicyclic) bond motifs is 2. The normalized spacial score (nSPS) is 11.2. The molecule has 0 bridgehead atoms. The van der Waals surface area contributed by atoms with E-state index in [0.717, 1.165) is 21.8 Å². The molecule has 0 spiro atoms. The molecule has 4 rings (SSSR count). The lowest BCUT2D eigenvalue weighted by molar-refractivity contribution is -0.136. The largest absolute Gasteiger partial charge is 0.497 e. The molecule has 2 heterocycles. The molecule has 26 heavy (non-hydrogen) atoms. The molecule has 2 aromatic carbocycles. The number of ether oxygens (including phenoxy) is 1. The van der Waals surface area contributed by atoms with Gasteiger partial charge in [0.25, 0.3) is 0 Å². The van der Waals surface area contributed by atoms with Gasteiger partial charge in [0.2, 0.25) is 0 Å². The standard InChI is InChI=1S/C20H15ClN2O3/c1-26-15-4-6-18-16(10-15)13(9-20(24)25)11-23(18)19-7-2-12-8-14(21)3-5-17(12)22-19/h2-8,10-11H,9H2,1H3,(H,24,25). The number of halogens is 1. The predicted molar refractivity (Wildman–Crippen MR) is 101 cm³/mol. The molecule has 1 N–H and O–H groups in total. The number of methoxy groups -OCH3 is 1. The van der Waals surface area contributed by atoms with E-state index in [0.29, 0.717) is 22.2 Å². The Morgan fingerprint density at radius 1 is 1.19 bits per heavy atom. The smallest absolute Gasteiger partial charge is 0.307 e. The third-order valence-corrected chi connectivity index (χ3v) is 4.55. The Kier molecular flexibility index (Phi) is 4.01. The summed E-state index contributed by atoms with van der Waals surface area (Å²) >= 11 is 6.03. The van der Waals surface area contributed by atoms with Gasteiger partial charge < -0.3 is 14.4 Å². The number of carbonyl (C=O) groups is 1. The van der Waals surface area contributed by atoms with Gasteiger partial charge in [-0.3, -0.25) is 4.79 Å². The fraction of sp³-hybridized carbons (Fsp3) is 0.100. The molecule has 6 heteroatoms. The number of carboxylic acids is 1. The lowest BCUT2D eigenvalue weighted by Crippen LogP contribution is -1.99. The molecule has 0 fully saturated rings. The number of hydrogen-bond donors (Lipinski definition) is 1. The summed E-state index contributed by atoms with van der Waals surface area (Å²) in [5.74, 6) is 0.516. The van der Waals surface area contributed by atoms with Crippen molar-refractivity contribution in [2.24, 2.45) is 0 Å². The quantitative estimate of drug-likeness (QED) is 0.579. The molecule has 130 valence electrons. The number of rotatable bonds is 4. The van der Waals surface area contributed by atoms with Crippen molar-refractivity contribution in [3.63, 3.8) is 0 Å². The fourth-order valence-electron chi connectivity index (χ4n) is 3.12. The number of pyridine rings is 1. The summed E-state index contributed by atoms with van der Waals surface area (Å²) < 4.78 is 7.19. The summed E-state index contributed by atoms with van der Waals surface area (Å²) in [7, 11) is 1.59. The van der Waals surface area contributed by atoms with Crippen LogP contribution in [0.4, 0.5) is 0 Å². The summed E-state index contributed by atoms with van der Waals surface area (Å²) in [5.41, 5.74) is 2.41. The maximum absolute atomic E-state index is 11.3. The number of benzene rings is 2. The summed E-state index contributed by atoms with van der Waals surface area (Å²) in [5, 5.41) is 11.7. The van der Waals surface area contributed by atoms with Crippen molar-refractivity contribution in [2.45, 2.75) is 6.42 Å². The monoisotopic (exact) mass is 366 g/mol. The first kappa shape index (κ1) is 16.4. The van der Waals surface area contributed by atoms with Crippen LogP contribution < -0.4 is 4.74 Å². The van der Waals surface area contributed by atoms with E-state index in [2.05, 4.69) is 0 Å². The van der Waals surface area contributed by atoms with Gasteiger partial charge in [-0.1, -0.05) is 11.6 Å². The predicted octanol–water partition coefficient (Wildman–Crippen LogP) is 4.47. The lowest BCUT2D eigenvalue weighted by atomic mass is 10.1. The Morgan fingerprint density at radius 2 is 2.04 bits per heavy atom. The van der Waals surface area contributed by atoms with Crippen molar-refractivity contribution in [1.29, 1.82) is 0 Å². The van der Waals surface area contributed by atoms with Crippen LogP contribution in [0.3, 0.4) is 0 Å². The zero-order chi connectivity index (χ0) is 18.3. The van der Waals surface area contributed by atoms with E-state index in [1.54, 1.807) is 13.2 Å². The second-order valence-corrected chi connectivity index (χ2v) is 6.42. The van der Waals surface area contributed by atoms with Crippen molar-refractivity contribution < 1.29 is 14.6 Å². The van der Waals surface area contributed by atoms with Crippen LogP contribution in [-0.4, -0.2) is 27.7 Å². The van der Waals surface area contributed by atoms with Crippen LogP contribution in [0.5, 0.6) is 5.75 Å². The first-order valence-electron chi connectivity index (χ1n) is 8.01. The Hall–Kier alpha value is -3.05. The van der Waals surface area contributed by atoms with Crippen molar-refractivity contribution in [3.8, 4) is 11.6 Å². The average Bonchev–Trinajstić information content (AvgIpc) is 2.98. The highest BCUT2D eigenvalue weighted by Gasteiger charge is 2.14. The first-order valence-corrected chi connectivity index (χ1v) is 8.39. The number of hydrogen-bond acceptors (Lipinski definition) is 3. The fourth-order valence-corrected chi connectivity index (χ4v) is 3.30. The van der Waals surface area contributed by atoms with Crippen LogP contribution in [0, 0.1) is 0 Å². The summed E-state index contributed by atoms with van der Waals surface area (Å²) in [4.78, 5) is 15.9. The van der Waals surface area contributed by atoms with Gasteiger partial charge in [-0.05, 0) is 54.1 Å². The molecule has 0 aliphatic heterocycles. The van der Waals surface area contributed by atoms with Gasteiger partial charge in [-0.2, -0.15) is 0 Å². The highest BCUT2D eigenvalue weighted by Crippen LogP contribution is 2.29. The summed E-state index contributed by atoms with van der Waals surface area (Å²) in [6.07, 6.45) is 1.75. The summed E-state index contributed by atoms with van der Waals surface area (Å²) in [6, 6.07) is 15.0. The van der Waals surface area contributed by atoms with E-state index in [1.807, 2.05) is 53.2 Å². The van der Waals surface area contributed by atoms with Crippen molar-refractivity contribution in [3.05, 3.63) is 65.3 Å². The van der Waals surface area contributed by atoms with E-state index in [9.17, 15) is 9.90 Å². The summed E-state index contributed by atoms with van der Waals surface area (Å²) in [6.45, 7) is 0. The van der Waals surface area contributed by atoms with Gasteiger partial charge in [-0.15, -0.1) is 0 Å². The Balaban J connectivity index is 1.93. The molecule has 0 atom stereocenters. The number of aromatic nitrogens is 2. The number of carboxylic acid groups (broad SMARTS) is 1. The molecule has 2 aromatic heterocycles. The molecular formula is C20H15ClN2O3. The van der Waals surface area contributed by atoms with Gasteiger partial charge >= 0.3 is 5.97 Å². The topological polar surface area (TPSA) is 64.3 Å². The van der Waals surface area contributed by atoms with Crippen molar-refractivity contribution in [1.82, 2.24) is 9.55 Å². The molecule has 0 saturated carbocycles. The first-order chi connectivity index (χ1) is 12.5. The molecule has 0 aliphatic rings. The number of aliphatic carboxylic acids is 1. The van der Waals surface area contributed by atoms with E-state index in [-0.39, 0.29) is 6.42 Å². The second-order valence-electron chi connectivity index (χ2n) is 5.98. The SMILES string of the molecule is COc1ccc2c(c1)c(CC(=O)O)cn2-c1ccc2cc(Cl)ccc2n1.